The first-order valence-electron chi connectivity index (χ1n) is 10.1. The summed E-state index contributed by atoms with van der Waals surface area (Å²) in [5.74, 6) is 0.0838. The Morgan fingerprint density at radius 2 is 2.03 bits per heavy atom. The maximum Gasteiger partial charge on any atom is 0.304 e. The Balaban J connectivity index is 1.37. The van der Waals surface area contributed by atoms with E-state index in [-0.39, 0.29) is 6.42 Å². The fraction of sp³-hybridized carbons (Fsp3) is 0.292. The molecule has 5 nitrogen and oxygen atoms in total. The highest BCUT2D eigenvalue weighted by Gasteiger charge is 2.21. The van der Waals surface area contributed by atoms with Crippen LogP contribution in [0.3, 0.4) is 0 Å². The summed E-state index contributed by atoms with van der Waals surface area (Å²) in [5.41, 5.74) is 6.02. The number of halogens is 1. The highest BCUT2D eigenvalue weighted by molar-refractivity contribution is 6.30. The number of carbonyl (C=O) groups is 1. The van der Waals surface area contributed by atoms with E-state index < -0.39 is 5.97 Å². The number of rotatable bonds is 7. The molecule has 2 heterocycles. The van der Waals surface area contributed by atoms with Gasteiger partial charge in [-0.15, -0.1) is 0 Å². The van der Waals surface area contributed by atoms with Crippen molar-refractivity contribution in [1.82, 2.24) is 10.2 Å². The van der Waals surface area contributed by atoms with Gasteiger partial charge in [0, 0.05) is 36.9 Å². The van der Waals surface area contributed by atoms with Crippen molar-refractivity contribution in [1.29, 1.82) is 0 Å². The Hall–Kier alpha value is -2.76. The lowest BCUT2D eigenvalue weighted by molar-refractivity contribution is -0.137. The van der Waals surface area contributed by atoms with Gasteiger partial charge < -0.3 is 15.2 Å². The van der Waals surface area contributed by atoms with Gasteiger partial charge in [-0.3, -0.25) is 9.69 Å². The lowest BCUT2D eigenvalue weighted by Crippen LogP contribution is -2.37. The molecule has 2 aromatic rings. The number of ether oxygens (including phenoxy) is 1. The smallest absolute Gasteiger partial charge is 0.304 e. The predicted octanol–water partition coefficient (Wildman–Crippen LogP) is 4.34. The summed E-state index contributed by atoms with van der Waals surface area (Å²) in [6.45, 7) is 3.65. The molecule has 0 aromatic heterocycles. The second-order valence-corrected chi connectivity index (χ2v) is 8.09. The van der Waals surface area contributed by atoms with Gasteiger partial charge in [0.25, 0.3) is 0 Å². The van der Waals surface area contributed by atoms with Crippen molar-refractivity contribution in [2.45, 2.75) is 19.4 Å². The molecule has 2 aromatic carbocycles. The van der Waals surface area contributed by atoms with Crippen LogP contribution >= 0.6 is 11.6 Å². The van der Waals surface area contributed by atoms with Gasteiger partial charge in [-0.1, -0.05) is 23.7 Å². The first kappa shape index (κ1) is 20.5. The molecule has 0 aliphatic carbocycles. The van der Waals surface area contributed by atoms with Gasteiger partial charge in [0.05, 0.1) is 6.42 Å². The molecule has 2 N–H and O–H groups in total. The molecule has 2 aliphatic heterocycles. The van der Waals surface area contributed by atoms with E-state index in [9.17, 15) is 4.79 Å². The van der Waals surface area contributed by atoms with E-state index in [1.165, 1.54) is 11.1 Å². The number of nitrogens with zero attached hydrogens (tertiary/aromatic N) is 1. The molecule has 0 bridgehead atoms. The largest absolute Gasteiger partial charge is 0.489 e. The molecular formula is C24H25ClN2O3. The van der Waals surface area contributed by atoms with Crippen LogP contribution in [-0.2, 0) is 11.4 Å². The molecule has 156 valence electrons. The summed E-state index contributed by atoms with van der Waals surface area (Å²) in [6.07, 6.45) is 3.39. The van der Waals surface area contributed by atoms with Gasteiger partial charge in [-0.05, 0) is 71.2 Å². The van der Waals surface area contributed by atoms with Crippen molar-refractivity contribution in [3.63, 3.8) is 0 Å². The number of hydrogen-bond donors (Lipinski definition) is 2. The van der Waals surface area contributed by atoms with Crippen LogP contribution in [0.15, 0.2) is 65.8 Å². The quantitative estimate of drug-likeness (QED) is 0.692. The summed E-state index contributed by atoms with van der Waals surface area (Å²) >= 11 is 6.02. The monoisotopic (exact) mass is 424 g/mol. The molecule has 30 heavy (non-hydrogen) atoms. The maximum absolute atomic E-state index is 10.8. The van der Waals surface area contributed by atoms with Crippen LogP contribution in [-0.4, -0.2) is 42.2 Å². The minimum atomic E-state index is -0.737. The van der Waals surface area contributed by atoms with E-state index in [1.54, 1.807) is 0 Å². The van der Waals surface area contributed by atoms with Crippen LogP contribution in [0.1, 0.15) is 24.0 Å². The van der Waals surface area contributed by atoms with Gasteiger partial charge >= 0.3 is 5.97 Å². The molecule has 0 saturated heterocycles. The lowest BCUT2D eigenvalue weighted by atomic mass is 9.94. The molecule has 4 rings (SSSR count). The number of dihydropyridines is 1. The van der Waals surface area contributed by atoms with Crippen molar-refractivity contribution in [2.75, 3.05) is 26.2 Å². The maximum atomic E-state index is 10.8. The number of nitrogens with one attached hydrogen (secondary N) is 1. The van der Waals surface area contributed by atoms with Crippen molar-refractivity contribution in [2.24, 2.45) is 0 Å². The first-order chi connectivity index (χ1) is 14.6. The minimum absolute atomic E-state index is 0.197. The summed E-state index contributed by atoms with van der Waals surface area (Å²) in [6, 6.07) is 15.8. The van der Waals surface area contributed by atoms with Crippen LogP contribution in [0.4, 0.5) is 0 Å². The molecule has 0 spiro atoms. The third-order valence-electron chi connectivity index (χ3n) is 5.48. The SMILES string of the molecule is O=C(O)CCN1CCC2=C(CNC(c3ccc(OCc4cccc(Cl)c4)cc3)=C2)C1. The van der Waals surface area contributed by atoms with Crippen LogP contribution in [0.2, 0.25) is 5.02 Å². The molecule has 0 unspecified atom stereocenters. The highest BCUT2D eigenvalue weighted by atomic mass is 35.5. The topological polar surface area (TPSA) is 61.8 Å². The van der Waals surface area contributed by atoms with Crippen molar-refractivity contribution < 1.29 is 14.6 Å². The second kappa shape index (κ2) is 9.37. The Morgan fingerprint density at radius 3 is 2.80 bits per heavy atom. The van der Waals surface area contributed by atoms with Crippen molar-refractivity contribution in [3.8, 4) is 5.75 Å². The normalized spacial score (nSPS) is 16.5. The number of carboxylic acids is 1. The molecule has 0 saturated carbocycles. The lowest BCUT2D eigenvalue weighted by Gasteiger charge is -2.33. The fourth-order valence-electron chi connectivity index (χ4n) is 3.83. The molecule has 0 atom stereocenters. The zero-order chi connectivity index (χ0) is 20.9. The Bertz CT molecular complexity index is 982. The van der Waals surface area contributed by atoms with E-state index in [1.807, 2.05) is 36.4 Å². The van der Waals surface area contributed by atoms with Crippen LogP contribution in [0.5, 0.6) is 5.75 Å². The van der Waals surface area contributed by atoms with Gasteiger partial charge in [0.2, 0.25) is 0 Å². The Labute approximate surface area is 181 Å². The zero-order valence-corrected chi connectivity index (χ0v) is 17.5. The van der Waals surface area contributed by atoms with Crippen LogP contribution < -0.4 is 10.1 Å². The minimum Gasteiger partial charge on any atom is -0.489 e. The first-order valence-corrected chi connectivity index (χ1v) is 10.5. The molecule has 0 fully saturated rings. The van der Waals surface area contributed by atoms with E-state index >= 15 is 0 Å². The Morgan fingerprint density at radius 1 is 1.20 bits per heavy atom. The standard InChI is InChI=1S/C24H25ClN2O3/c25-21-3-1-2-17(12-21)16-30-22-6-4-18(5-7-22)23-13-19-8-10-27(11-9-24(28)29)15-20(19)14-26-23/h1-7,12-13,26H,8-11,14-16H2,(H,28,29). The molecule has 0 amide bonds. The van der Waals surface area contributed by atoms with Crippen LogP contribution in [0.25, 0.3) is 5.70 Å². The summed E-state index contributed by atoms with van der Waals surface area (Å²) in [4.78, 5) is 13.0. The zero-order valence-electron chi connectivity index (χ0n) is 16.7. The molecule has 2 aliphatic rings. The summed E-state index contributed by atoms with van der Waals surface area (Å²) in [7, 11) is 0. The fourth-order valence-corrected chi connectivity index (χ4v) is 4.04. The van der Waals surface area contributed by atoms with Gasteiger partial charge in [0.1, 0.15) is 12.4 Å². The van der Waals surface area contributed by atoms with Gasteiger partial charge in [-0.2, -0.15) is 0 Å². The van der Waals surface area contributed by atoms with Gasteiger partial charge in [-0.25, -0.2) is 0 Å². The number of allylic oxidation sites excluding steroid dienone is 1. The van der Waals surface area contributed by atoms with Crippen molar-refractivity contribution in [3.05, 3.63) is 81.9 Å². The summed E-state index contributed by atoms with van der Waals surface area (Å²) < 4.78 is 5.87. The second-order valence-electron chi connectivity index (χ2n) is 7.65. The van der Waals surface area contributed by atoms with Crippen molar-refractivity contribution >= 4 is 23.3 Å². The van der Waals surface area contributed by atoms with E-state index in [0.29, 0.717) is 18.2 Å². The van der Waals surface area contributed by atoms with E-state index in [4.69, 9.17) is 21.4 Å². The number of aliphatic carboxylic acids is 1. The average Bonchev–Trinajstić information content (AvgIpc) is 2.76. The van der Waals surface area contributed by atoms with Gasteiger partial charge in [0.15, 0.2) is 0 Å². The average molecular weight is 425 g/mol. The predicted molar refractivity (Wildman–Crippen MR) is 119 cm³/mol. The van der Waals surface area contributed by atoms with E-state index in [2.05, 4.69) is 28.4 Å². The molecule has 6 heteroatoms. The number of carboxylic acid groups (broad SMARTS) is 1. The summed E-state index contributed by atoms with van der Waals surface area (Å²) in [5, 5.41) is 13.1. The third-order valence-corrected chi connectivity index (χ3v) is 5.71. The Kier molecular flexibility index (Phi) is 6.41. The number of hydrogen-bond acceptors (Lipinski definition) is 4. The number of benzene rings is 2. The van der Waals surface area contributed by atoms with E-state index in [0.717, 1.165) is 48.6 Å². The molecule has 0 radical (unpaired) electrons. The third kappa shape index (κ3) is 5.23. The highest BCUT2D eigenvalue weighted by Crippen LogP contribution is 2.27. The molecular weight excluding hydrogens is 400 g/mol. The van der Waals surface area contributed by atoms with Crippen LogP contribution in [0, 0.1) is 0 Å².